The monoisotopic (exact) mass is 399 g/mol. The molecule has 6 nitrogen and oxygen atoms in total. The molecule has 1 amide bonds. The molecule has 2 aromatic rings. The van der Waals surface area contributed by atoms with E-state index in [4.69, 9.17) is 4.74 Å². The molecule has 0 saturated carbocycles. The Kier molecular flexibility index (Phi) is 4.94. The maximum atomic E-state index is 12.1. The molecule has 0 atom stereocenters. The number of halogens is 1. The fourth-order valence-electron chi connectivity index (χ4n) is 1.71. The third kappa shape index (κ3) is 3.81. The standard InChI is InChI=1S/C14H14IN3O3/c1-3-21-14(20)9-4-6-10(7-5-9)16-13(19)12-11(15)8-18(2)17-12/h4-8H,3H2,1-2H3,(H,16,19). The second kappa shape index (κ2) is 6.70. The van der Waals surface area contributed by atoms with E-state index in [0.717, 1.165) is 3.57 Å². The summed E-state index contributed by atoms with van der Waals surface area (Å²) in [5.74, 6) is -0.668. The van der Waals surface area contributed by atoms with Crippen LogP contribution in [0.3, 0.4) is 0 Å². The smallest absolute Gasteiger partial charge is 0.338 e. The van der Waals surface area contributed by atoms with Crippen LogP contribution in [-0.2, 0) is 11.8 Å². The number of carbonyl (C=O) groups excluding carboxylic acids is 2. The summed E-state index contributed by atoms with van der Waals surface area (Å²) in [7, 11) is 1.76. The van der Waals surface area contributed by atoms with E-state index >= 15 is 0 Å². The first-order valence-corrected chi connectivity index (χ1v) is 7.36. The summed E-state index contributed by atoms with van der Waals surface area (Å²) in [6.07, 6.45) is 1.76. The summed E-state index contributed by atoms with van der Waals surface area (Å²) in [6.45, 7) is 2.08. The molecule has 1 aromatic carbocycles. The number of aryl methyl sites for hydroxylation is 1. The summed E-state index contributed by atoms with van der Waals surface area (Å²) in [4.78, 5) is 23.6. The van der Waals surface area contributed by atoms with Crippen molar-refractivity contribution in [2.75, 3.05) is 11.9 Å². The van der Waals surface area contributed by atoms with Gasteiger partial charge in [0.2, 0.25) is 0 Å². The molecule has 1 N–H and O–H groups in total. The zero-order valence-corrected chi connectivity index (χ0v) is 13.7. The highest BCUT2D eigenvalue weighted by Crippen LogP contribution is 2.14. The number of ether oxygens (including phenoxy) is 1. The lowest BCUT2D eigenvalue weighted by Gasteiger charge is -2.05. The van der Waals surface area contributed by atoms with Crippen molar-refractivity contribution in [2.45, 2.75) is 6.92 Å². The second-order valence-electron chi connectivity index (χ2n) is 4.25. The quantitative estimate of drug-likeness (QED) is 0.634. The molecule has 0 aliphatic heterocycles. The van der Waals surface area contributed by atoms with Gasteiger partial charge in [0.25, 0.3) is 5.91 Å². The first-order valence-electron chi connectivity index (χ1n) is 6.29. The minimum Gasteiger partial charge on any atom is -0.462 e. The third-order valence-electron chi connectivity index (χ3n) is 2.65. The minimum absolute atomic E-state index is 0.288. The van der Waals surface area contributed by atoms with Crippen LogP contribution in [-0.4, -0.2) is 28.3 Å². The van der Waals surface area contributed by atoms with E-state index in [1.165, 1.54) is 0 Å². The Morgan fingerprint density at radius 2 is 2.00 bits per heavy atom. The first-order chi connectivity index (χ1) is 10.0. The van der Waals surface area contributed by atoms with Crippen molar-refractivity contribution in [3.05, 3.63) is 45.3 Å². The van der Waals surface area contributed by atoms with Gasteiger partial charge in [0.1, 0.15) is 0 Å². The minimum atomic E-state index is -0.380. The van der Waals surface area contributed by atoms with E-state index in [-0.39, 0.29) is 11.9 Å². The normalized spacial score (nSPS) is 10.2. The molecule has 0 fully saturated rings. The van der Waals surface area contributed by atoms with Crippen LogP contribution in [0.15, 0.2) is 30.5 Å². The van der Waals surface area contributed by atoms with Gasteiger partial charge in [-0.15, -0.1) is 0 Å². The van der Waals surface area contributed by atoms with Crippen LogP contribution in [0.4, 0.5) is 5.69 Å². The van der Waals surface area contributed by atoms with Crippen LogP contribution >= 0.6 is 22.6 Å². The van der Waals surface area contributed by atoms with E-state index in [2.05, 4.69) is 33.0 Å². The van der Waals surface area contributed by atoms with Crippen molar-refractivity contribution < 1.29 is 14.3 Å². The fraction of sp³-hybridized carbons (Fsp3) is 0.214. The van der Waals surface area contributed by atoms with Gasteiger partial charge in [-0.05, 0) is 53.8 Å². The van der Waals surface area contributed by atoms with Gasteiger partial charge in [0.05, 0.1) is 15.7 Å². The van der Waals surface area contributed by atoms with Crippen LogP contribution in [0.25, 0.3) is 0 Å². The number of benzene rings is 1. The van der Waals surface area contributed by atoms with Crippen LogP contribution in [0.2, 0.25) is 0 Å². The molecular weight excluding hydrogens is 385 g/mol. The zero-order valence-electron chi connectivity index (χ0n) is 11.6. The van der Waals surface area contributed by atoms with E-state index < -0.39 is 0 Å². The summed E-state index contributed by atoms with van der Waals surface area (Å²) in [6, 6.07) is 6.52. The predicted octanol–water partition coefficient (Wildman–Crippen LogP) is 2.45. The topological polar surface area (TPSA) is 73.2 Å². The summed E-state index contributed by atoms with van der Waals surface area (Å²) >= 11 is 2.06. The molecule has 2 rings (SSSR count). The Balaban J connectivity index is 2.08. The Morgan fingerprint density at radius 3 is 2.52 bits per heavy atom. The number of carbonyl (C=O) groups is 2. The average molecular weight is 399 g/mol. The number of hydrogen-bond acceptors (Lipinski definition) is 4. The second-order valence-corrected chi connectivity index (χ2v) is 5.41. The molecule has 21 heavy (non-hydrogen) atoms. The Labute approximate surface area is 135 Å². The highest BCUT2D eigenvalue weighted by atomic mass is 127. The van der Waals surface area contributed by atoms with Gasteiger partial charge >= 0.3 is 5.97 Å². The van der Waals surface area contributed by atoms with Gasteiger partial charge in [0, 0.05) is 18.9 Å². The van der Waals surface area contributed by atoms with Crippen molar-refractivity contribution in [2.24, 2.45) is 7.05 Å². The number of amides is 1. The number of esters is 1. The van der Waals surface area contributed by atoms with Gasteiger partial charge < -0.3 is 10.1 Å². The summed E-state index contributed by atoms with van der Waals surface area (Å²) in [5, 5.41) is 6.84. The van der Waals surface area contributed by atoms with Crippen LogP contribution < -0.4 is 5.32 Å². The number of nitrogens with one attached hydrogen (secondary N) is 1. The van der Waals surface area contributed by atoms with Gasteiger partial charge in [-0.3, -0.25) is 9.48 Å². The molecule has 0 radical (unpaired) electrons. The molecule has 1 heterocycles. The summed E-state index contributed by atoms with van der Waals surface area (Å²) in [5.41, 5.74) is 1.41. The van der Waals surface area contributed by atoms with E-state index in [1.54, 1.807) is 49.1 Å². The Morgan fingerprint density at radius 1 is 1.33 bits per heavy atom. The van der Waals surface area contributed by atoms with E-state index in [0.29, 0.717) is 23.6 Å². The molecule has 0 spiro atoms. The number of aromatic nitrogens is 2. The fourth-order valence-corrected chi connectivity index (χ4v) is 2.46. The van der Waals surface area contributed by atoms with Crippen LogP contribution in [0, 0.1) is 3.57 Å². The average Bonchev–Trinajstić information content (AvgIpc) is 2.79. The van der Waals surface area contributed by atoms with Gasteiger partial charge in [-0.25, -0.2) is 4.79 Å². The van der Waals surface area contributed by atoms with E-state index in [1.807, 2.05) is 0 Å². The molecule has 110 valence electrons. The molecular formula is C14H14IN3O3. The van der Waals surface area contributed by atoms with Gasteiger partial charge in [-0.1, -0.05) is 0 Å². The Hall–Kier alpha value is -1.90. The number of rotatable bonds is 4. The number of hydrogen-bond donors (Lipinski definition) is 1. The molecule has 0 bridgehead atoms. The van der Waals surface area contributed by atoms with Crippen molar-refractivity contribution >= 4 is 40.2 Å². The molecule has 0 aliphatic carbocycles. The van der Waals surface area contributed by atoms with Crippen LogP contribution in [0.5, 0.6) is 0 Å². The third-order valence-corrected chi connectivity index (χ3v) is 3.44. The zero-order chi connectivity index (χ0) is 15.4. The molecule has 1 aromatic heterocycles. The van der Waals surface area contributed by atoms with Gasteiger partial charge in [-0.2, -0.15) is 5.10 Å². The first kappa shape index (κ1) is 15.5. The largest absolute Gasteiger partial charge is 0.462 e. The lowest BCUT2D eigenvalue weighted by Crippen LogP contribution is -2.14. The summed E-state index contributed by atoms with van der Waals surface area (Å²) < 4.78 is 7.25. The lowest BCUT2D eigenvalue weighted by atomic mass is 10.2. The SMILES string of the molecule is CCOC(=O)c1ccc(NC(=O)c2nn(C)cc2I)cc1. The molecule has 0 aliphatic rings. The highest BCUT2D eigenvalue weighted by Gasteiger charge is 2.14. The maximum absolute atomic E-state index is 12.1. The molecule has 0 saturated heterocycles. The van der Waals surface area contributed by atoms with E-state index in [9.17, 15) is 9.59 Å². The van der Waals surface area contributed by atoms with Crippen molar-refractivity contribution in [1.29, 1.82) is 0 Å². The van der Waals surface area contributed by atoms with Crippen molar-refractivity contribution in [3.63, 3.8) is 0 Å². The maximum Gasteiger partial charge on any atom is 0.338 e. The van der Waals surface area contributed by atoms with Crippen molar-refractivity contribution in [3.8, 4) is 0 Å². The van der Waals surface area contributed by atoms with Gasteiger partial charge in [0.15, 0.2) is 5.69 Å². The number of anilines is 1. The Bertz CT molecular complexity index is 665. The molecule has 0 unspecified atom stereocenters. The highest BCUT2D eigenvalue weighted by molar-refractivity contribution is 14.1. The lowest BCUT2D eigenvalue weighted by molar-refractivity contribution is 0.0526. The molecule has 7 heteroatoms. The van der Waals surface area contributed by atoms with Crippen molar-refractivity contribution in [1.82, 2.24) is 9.78 Å². The van der Waals surface area contributed by atoms with Crippen LogP contribution in [0.1, 0.15) is 27.8 Å². The predicted molar refractivity (Wildman–Crippen MR) is 86.3 cm³/mol. The number of nitrogens with zero attached hydrogens (tertiary/aromatic N) is 2.